The minimum atomic E-state index is -4.47. The number of amides is 6. The normalized spacial score (nSPS) is 15.5. The molecule has 0 fully saturated rings. The molecule has 0 bridgehead atoms. The highest BCUT2D eigenvalue weighted by atomic mass is 31.2. The van der Waals surface area contributed by atoms with Crippen molar-refractivity contribution in [3.05, 3.63) is 108 Å². The van der Waals surface area contributed by atoms with E-state index in [1.54, 1.807) is 69.3 Å². The first kappa shape index (κ1) is 52.3. The van der Waals surface area contributed by atoms with Crippen LogP contribution in [0.2, 0.25) is 0 Å². The maximum atomic E-state index is 14.6. The molecule has 358 valence electrons. The highest BCUT2D eigenvalue weighted by Crippen LogP contribution is 2.50. The molecule has 2 heterocycles. The molecule has 4 rings (SSSR count). The number of nitrogens with one attached hydrogen (secondary N) is 7. The Balaban J connectivity index is 1.54. The van der Waals surface area contributed by atoms with Crippen molar-refractivity contribution in [2.45, 2.75) is 110 Å². The molecule has 0 aliphatic carbocycles. The van der Waals surface area contributed by atoms with E-state index in [4.69, 9.17) is 10.5 Å². The van der Waals surface area contributed by atoms with Gasteiger partial charge in [0, 0.05) is 55.1 Å². The van der Waals surface area contributed by atoms with Gasteiger partial charge in [0.2, 0.25) is 36.9 Å². The number of primary amides is 1. The number of rotatable bonds is 26. The molecule has 0 spiro atoms. The second-order valence-corrected chi connectivity index (χ2v) is 19.8. The average Bonchev–Trinajstić information content (AvgIpc) is 4.01. The fourth-order valence-electron chi connectivity index (χ4n) is 7.17. The fourth-order valence-corrected chi connectivity index (χ4v) is 9.65. The Labute approximate surface area is 385 Å². The van der Waals surface area contributed by atoms with Gasteiger partial charge in [0.25, 0.3) is 0 Å². The first-order valence-corrected chi connectivity index (χ1v) is 24.1. The number of hydrogen-bond acceptors (Lipinski definition) is 10. The molecule has 0 saturated carbocycles. The number of aromatic amines is 2. The van der Waals surface area contributed by atoms with Crippen molar-refractivity contribution >= 4 is 43.0 Å². The molecule has 0 radical (unpaired) electrons. The Morgan fingerprint density at radius 1 is 0.697 bits per heavy atom. The summed E-state index contributed by atoms with van der Waals surface area (Å²) in [7, 11) is -4.47. The molecule has 20 heteroatoms. The van der Waals surface area contributed by atoms with Crippen LogP contribution in [0.3, 0.4) is 0 Å². The number of nitrogens with two attached hydrogens (primary N) is 1. The zero-order valence-corrected chi connectivity index (χ0v) is 39.3. The fraction of sp³-hybridized carbons (Fsp3) is 0.478. The van der Waals surface area contributed by atoms with Gasteiger partial charge in [0.1, 0.15) is 36.6 Å². The molecule has 6 amide bonds. The second-order valence-electron chi connectivity index (χ2n) is 17.3. The zero-order chi connectivity index (χ0) is 48.4. The Kier molecular flexibility index (Phi) is 20.1. The monoisotopic (exact) mass is 932 g/mol. The lowest BCUT2D eigenvalue weighted by molar-refractivity contribution is -0.134. The average molecular weight is 933 g/mol. The van der Waals surface area contributed by atoms with E-state index < -0.39 is 96.9 Å². The van der Waals surface area contributed by atoms with E-state index in [1.165, 1.54) is 25.0 Å². The van der Waals surface area contributed by atoms with Crippen LogP contribution in [0.5, 0.6) is 0 Å². The van der Waals surface area contributed by atoms with Crippen molar-refractivity contribution in [2.24, 2.45) is 29.4 Å². The van der Waals surface area contributed by atoms with Gasteiger partial charge in [-0.25, -0.2) is 14.8 Å². The summed E-state index contributed by atoms with van der Waals surface area (Å²) in [5.41, 5.74) is 8.10. The maximum Gasteiger partial charge on any atom is 0.408 e. The molecule has 66 heavy (non-hydrogen) atoms. The van der Waals surface area contributed by atoms with Gasteiger partial charge in [0.15, 0.2) is 0 Å². The largest absolute Gasteiger partial charge is 0.445 e. The van der Waals surface area contributed by atoms with Gasteiger partial charge in [-0.3, -0.25) is 28.5 Å². The van der Waals surface area contributed by atoms with E-state index >= 15 is 0 Å². The molecule has 10 N–H and O–H groups in total. The van der Waals surface area contributed by atoms with Crippen LogP contribution < -0.4 is 32.3 Å². The predicted octanol–water partition coefficient (Wildman–Crippen LogP) is 3.47. The third-order valence-corrected chi connectivity index (χ3v) is 13.5. The lowest BCUT2D eigenvalue weighted by Crippen LogP contribution is -2.57. The maximum absolute atomic E-state index is 14.6. The van der Waals surface area contributed by atoms with Crippen LogP contribution in [-0.4, -0.2) is 96.6 Å². The Morgan fingerprint density at radius 2 is 1.23 bits per heavy atom. The number of nitrogens with zero attached hydrogens (tertiary/aromatic N) is 2. The van der Waals surface area contributed by atoms with E-state index in [2.05, 4.69) is 46.5 Å². The number of carbonyl (C=O) groups is 6. The van der Waals surface area contributed by atoms with Crippen LogP contribution in [0.25, 0.3) is 0 Å². The number of carbonyl (C=O) groups excluding carboxylic acids is 6. The lowest BCUT2D eigenvalue weighted by Gasteiger charge is -2.32. The van der Waals surface area contributed by atoms with Crippen LogP contribution in [0, 0.1) is 23.7 Å². The van der Waals surface area contributed by atoms with Crippen LogP contribution in [0.1, 0.15) is 76.9 Å². The quantitative estimate of drug-likeness (QED) is 0.0411. The Bertz CT molecular complexity index is 2210. The highest BCUT2D eigenvalue weighted by molar-refractivity contribution is 7.58. The molecule has 2 unspecified atom stereocenters. The topological polar surface area (TPSA) is 292 Å². The summed E-state index contributed by atoms with van der Waals surface area (Å²) in [5.74, 6) is -7.21. The van der Waals surface area contributed by atoms with Crippen molar-refractivity contribution in [1.82, 2.24) is 46.5 Å². The van der Waals surface area contributed by atoms with Crippen molar-refractivity contribution in [1.29, 1.82) is 0 Å². The van der Waals surface area contributed by atoms with Crippen LogP contribution >= 0.6 is 7.37 Å². The number of H-pyrrole nitrogens is 2. The highest BCUT2D eigenvalue weighted by Gasteiger charge is 2.41. The summed E-state index contributed by atoms with van der Waals surface area (Å²) in [6.07, 6.45) is 4.86. The van der Waals surface area contributed by atoms with Gasteiger partial charge >= 0.3 is 6.09 Å². The molecule has 4 aromatic rings. The van der Waals surface area contributed by atoms with Crippen molar-refractivity contribution in [3.8, 4) is 0 Å². The minimum Gasteiger partial charge on any atom is -0.445 e. The Morgan fingerprint density at radius 3 is 1.74 bits per heavy atom. The van der Waals surface area contributed by atoms with Gasteiger partial charge < -0.3 is 51.9 Å². The van der Waals surface area contributed by atoms with E-state index in [-0.39, 0.29) is 38.2 Å². The Hall–Kier alpha value is -6.33. The first-order chi connectivity index (χ1) is 31.4. The van der Waals surface area contributed by atoms with Crippen molar-refractivity contribution in [3.63, 3.8) is 0 Å². The number of benzene rings is 2. The minimum absolute atomic E-state index is 0.0326. The number of ether oxygens (including phenoxy) is 1. The molecule has 0 saturated heterocycles. The van der Waals surface area contributed by atoms with Crippen LogP contribution in [0.15, 0.2) is 85.7 Å². The number of aromatic nitrogens is 4. The summed E-state index contributed by atoms with van der Waals surface area (Å²) >= 11 is 0. The summed E-state index contributed by atoms with van der Waals surface area (Å²) in [6.45, 7) is 10.6. The third-order valence-electron chi connectivity index (χ3n) is 11.2. The number of alkyl carbamates (subject to hydrolysis) is 1. The van der Waals surface area contributed by atoms with Crippen molar-refractivity contribution < 1.29 is 43.0 Å². The summed E-state index contributed by atoms with van der Waals surface area (Å²) in [4.78, 5) is 107. The van der Waals surface area contributed by atoms with Gasteiger partial charge in [-0.2, -0.15) is 0 Å². The lowest BCUT2D eigenvalue weighted by atomic mass is 9.93. The molecule has 8 atom stereocenters. The van der Waals surface area contributed by atoms with E-state index in [0.717, 1.165) is 5.56 Å². The number of hydrogen-bond donors (Lipinski definition) is 9. The van der Waals surface area contributed by atoms with Gasteiger partial charge in [0.05, 0.1) is 12.7 Å². The van der Waals surface area contributed by atoms with E-state index in [1.807, 2.05) is 32.9 Å². The summed E-state index contributed by atoms with van der Waals surface area (Å²) < 4.78 is 20.0. The summed E-state index contributed by atoms with van der Waals surface area (Å²) in [6, 6.07) is 13.2. The van der Waals surface area contributed by atoms with E-state index in [9.17, 15) is 38.2 Å². The molecule has 19 nitrogen and oxygen atoms in total. The smallest absolute Gasteiger partial charge is 0.408 e. The molecular formula is C46H65N10O9P. The zero-order valence-electron chi connectivity index (χ0n) is 38.4. The number of imidazole rings is 2. The first-order valence-electron chi connectivity index (χ1n) is 22.1. The summed E-state index contributed by atoms with van der Waals surface area (Å²) in [5, 5.41) is 13.5. The SMILES string of the molecule is CC[C@H](C)[C@H](NC(=O)[C@H](CP(=O)(O)C(CC(C)C)NC(=O)[C@H](Cc1cnc[nH]1)NC(=O)[C@H](Cc1ccccc1)NC(=O)OCc1ccccc1)C(C)C)C(=O)N[C@@H](Cc1cnc[nH]1)C(N)=O. The molecule has 0 aliphatic heterocycles. The second kappa shape index (κ2) is 25.4. The van der Waals surface area contributed by atoms with Gasteiger partial charge in [-0.15, -0.1) is 0 Å². The van der Waals surface area contributed by atoms with Crippen LogP contribution in [-0.2, 0) is 59.1 Å². The molecule has 2 aromatic heterocycles. The van der Waals surface area contributed by atoms with Gasteiger partial charge in [-0.05, 0) is 35.3 Å². The molecule has 0 aliphatic rings. The third kappa shape index (κ3) is 16.6. The standard InChI is InChI=1S/C46H65N10O9P/c1-7-30(6)40(45(61)52-36(41(47)57)20-33-22-48-26-50-33)56-42(58)35(29(4)5)25-66(63,64)39(18-28(2)3)55-44(60)38(21-34-23-49-27-51-34)53-43(59)37(19-31-14-10-8-11-15-31)54-46(62)65-24-32-16-12-9-13-17-32/h8-17,22-23,26-30,35-40H,7,18-21,24-25H2,1-6H3,(H2,47,57)(H,48,50)(H,49,51)(H,52,61)(H,53,59)(H,54,62)(H,55,60)(H,56,58)(H,63,64)/t30-,35+,36-,37-,38-,39?,40-/m0/s1. The van der Waals surface area contributed by atoms with Crippen molar-refractivity contribution in [2.75, 3.05) is 6.16 Å². The van der Waals surface area contributed by atoms with Crippen LogP contribution in [0.4, 0.5) is 4.79 Å². The predicted molar refractivity (Wildman–Crippen MR) is 247 cm³/mol. The molecule has 2 aromatic carbocycles. The molecular weight excluding hydrogens is 868 g/mol. The van der Waals surface area contributed by atoms with E-state index in [0.29, 0.717) is 23.4 Å². The van der Waals surface area contributed by atoms with Gasteiger partial charge in [-0.1, -0.05) is 109 Å².